The summed E-state index contributed by atoms with van der Waals surface area (Å²) < 4.78 is 5.71. The average Bonchev–Trinajstić information content (AvgIpc) is 2.88. The van der Waals surface area contributed by atoms with Crippen LogP contribution in [0.1, 0.15) is 46.8 Å². The number of rotatable bonds is 9. The summed E-state index contributed by atoms with van der Waals surface area (Å²) in [5, 5.41) is 28.0. The van der Waals surface area contributed by atoms with Crippen LogP contribution in [0.5, 0.6) is 0 Å². The molecule has 0 bridgehead atoms. The van der Waals surface area contributed by atoms with Gasteiger partial charge in [0.2, 0.25) is 0 Å². The zero-order chi connectivity index (χ0) is 26.7. The van der Waals surface area contributed by atoms with Crippen molar-refractivity contribution < 1.29 is 19.1 Å². The second-order valence-corrected chi connectivity index (χ2v) is 14.6. The van der Waals surface area contributed by atoms with E-state index in [0.29, 0.717) is 0 Å². The molecular weight excluding hydrogens is 490 g/mol. The van der Waals surface area contributed by atoms with Crippen LogP contribution in [0.3, 0.4) is 0 Å². The number of benzene rings is 3. The third-order valence-electron chi connectivity index (χ3n) is 7.41. The Morgan fingerprint density at radius 2 is 1.73 bits per heavy atom. The zero-order valence-electron chi connectivity index (χ0n) is 21.2. The first kappa shape index (κ1) is 26.4. The number of aryl methyl sites for hydroxylation is 1. The Hall–Kier alpha value is -3.63. The van der Waals surface area contributed by atoms with Crippen molar-refractivity contribution in [2.24, 2.45) is 5.92 Å². The van der Waals surface area contributed by atoms with Crippen LogP contribution in [0.4, 0.5) is 11.4 Å². The van der Waals surface area contributed by atoms with E-state index in [1.54, 1.807) is 7.11 Å². The number of non-ortho nitro benzene ring substituents is 2. The molecule has 1 aliphatic rings. The van der Waals surface area contributed by atoms with Crippen molar-refractivity contribution in [3.05, 3.63) is 91.5 Å². The van der Waals surface area contributed by atoms with Crippen molar-refractivity contribution >= 4 is 36.4 Å². The van der Waals surface area contributed by atoms with Gasteiger partial charge in [0.25, 0.3) is 17.3 Å². The summed E-state index contributed by atoms with van der Waals surface area (Å²) in [6, 6.07) is 16.0. The Morgan fingerprint density at radius 3 is 2.38 bits per heavy atom. The van der Waals surface area contributed by atoms with Crippen LogP contribution in [0.25, 0.3) is 10.8 Å². The molecule has 4 rings (SSSR count). The molecule has 0 fully saturated rings. The molecule has 9 nitrogen and oxygen atoms in total. The van der Waals surface area contributed by atoms with E-state index >= 15 is 0 Å². The number of hydrogen-bond acceptors (Lipinski definition) is 6. The minimum atomic E-state index is -1.73. The molecular formula is C27H31N3O6Si. The molecule has 37 heavy (non-hydrogen) atoms. The molecule has 194 valence electrons. The summed E-state index contributed by atoms with van der Waals surface area (Å²) in [7, 11) is 0.0273. The number of nitrogens with zero attached hydrogens (tertiary/aromatic N) is 2. The van der Waals surface area contributed by atoms with Gasteiger partial charge in [-0.3, -0.25) is 25.0 Å². The Bertz CT molecular complexity index is 1330. The number of nitrogens with one attached hydrogen (secondary N) is 1. The van der Waals surface area contributed by atoms with E-state index in [1.807, 2.05) is 18.2 Å². The predicted molar refractivity (Wildman–Crippen MR) is 144 cm³/mol. The fraction of sp³-hybridized carbons (Fsp3) is 0.370. The molecule has 1 amide bonds. The van der Waals surface area contributed by atoms with Crippen LogP contribution in [-0.2, 0) is 10.8 Å². The summed E-state index contributed by atoms with van der Waals surface area (Å²) in [6.45, 7) is 4.37. The van der Waals surface area contributed by atoms with E-state index in [0.717, 1.165) is 71.8 Å². The van der Waals surface area contributed by atoms with Gasteiger partial charge < -0.3 is 9.74 Å². The Balaban J connectivity index is 1.72. The molecule has 2 atom stereocenters. The van der Waals surface area contributed by atoms with Crippen molar-refractivity contribution in [2.45, 2.75) is 50.9 Å². The van der Waals surface area contributed by atoms with Crippen LogP contribution >= 0.6 is 0 Å². The van der Waals surface area contributed by atoms with Crippen molar-refractivity contribution in [1.82, 2.24) is 5.32 Å². The van der Waals surface area contributed by atoms with Crippen molar-refractivity contribution in [3.8, 4) is 0 Å². The van der Waals surface area contributed by atoms with Gasteiger partial charge in [-0.15, -0.1) is 0 Å². The second kappa shape index (κ2) is 10.8. The number of carbonyl (C=O) groups is 1. The van der Waals surface area contributed by atoms with Crippen LogP contribution in [0, 0.1) is 26.1 Å². The van der Waals surface area contributed by atoms with Gasteiger partial charge in [-0.25, -0.2) is 0 Å². The van der Waals surface area contributed by atoms with Gasteiger partial charge in [-0.05, 0) is 66.2 Å². The van der Waals surface area contributed by atoms with Gasteiger partial charge in [-0.1, -0.05) is 42.8 Å². The van der Waals surface area contributed by atoms with Gasteiger partial charge >= 0.3 is 0 Å². The fourth-order valence-electron chi connectivity index (χ4n) is 5.22. The van der Waals surface area contributed by atoms with Crippen LogP contribution in [-0.4, -0.2) is 31.2 Å². The molecule has 0 unspecified atom stereocenters. The second-order valence-electron chi connectivity index (χ2n) is 10.2. The van der Waals surface area contributed by atoms with Crippen LogP contribution in [0.2, 0.25) is 19.1 Å². The molecule has 3 aromatic rings. The van der Waals surface area contributed by atoms with Crippen molar-refractivity contribution in [1.29, 1.82) is 0 Å². The summed E-state index contributed by atoms with van der Waals surface area (Å²) in [5.41, 5.74) is 1.15. The van der Waals surface area contributed by atoms with E-state index in [9.17, 15) is 25.0 Å². The molecule has 10 heteroatoms. The average molecular weight is 522 g/mol. The van der Waals surface area contributed by atoms with Gasteiger partial charge in [0.05, 0.1) is 27.5 Å². The largest absolute Gasteiger partial charge is 0.420 e. The van der Waals surface area contributed by atoms with E-state index < -0.39 is 35.4 Å². The lowest BCUT2D eigenvalue weighted by molar-refractivity contribution is -0.394. The van der Waals surface area contributed by atoms with E-state index in [-0.39, 0.29) is 17.5 Å². The minimum Gasteiger partial charge on any atom is -0.420 e. The van der Waals surface area contributed by atoms with Gasteiger partial charge in [-0.2, -0.15) is 0 Å². The summed E-state index contributed by atoms with van der Waals surface area (Å²) >= 11 is 0. The number of nitro benzene ring substituents is 2. The maximum absolute atomic E-state index is 13.5. The first-order valence-corrected chi connectivity index (χ1v) is 15.5. The highest BCUT2D eigenvalue weighted by molar-refractivity contribution is 6.71. The number of amides is 1. The molecule has 0 aliphatic heterocycles. The molecule has 0 heterocycles. The minimum absolute atomic E-state index is 0.0973. The Morgan fingerprint density at radius 1 is 1.05 bits per heavy atom. The first-order valence-electron chi connectivity index (χ1n) is 12.4. The van der Waals surface area contributed by atoms with Gasteiger partial charge in [0.15, 0.2) is 8.32 Å². The number of fused-ring (bicyclic) bond motifs is 3. The molecule has 1 aliphatic carbocycles. The molecule has 0 spiro atoms. The number of hydrogen-bond donors (Lipinski definition) is 1. The molecule has 1 N–H and O–H groups in total. The number of carbonyl (C=O) groups excluding carboxylic acids is 1. The fourth-order valence-corrected chi connectivity index (χ4v) is 6.48. The smallest absolute Gasteiger partial charge is 0.277 e. The lowest BCUT2D eigenvalue weighted by Crippen LogP contribution is -2.37. The highest BCUT2D eigenvalue weighted by Gasteiger charge is 2.33. The van der Waals surface area contributed by atoms with E-state index in [4.69, 9.17) is 4.43 Å². The molecule has 0 saturated heterocycles. The molecule has 3 aromatic carbocycles. The van der Waals surface area contributed by atoms with Crippen LogP contribution in [0.15, 0.2) is 54.6 Å². The van der Waals surface area contributed by atoms with Crippen molar-refractivity contribution in [2.75, 3.05) is 7.11 Å². The van der Waals surface area contributed by atoms with Gasteiger partial charge in [0.1, 0.15) is 0 Å². The summed E-state index contributed by atoms with van der Waals surface area (Å²) in [6.07, 6.45) is 3.64. The maximum Gasteiger partial charge on any atom is 0.277 e. The SMILES string of the molecule is CO[Si](C)(C)CCC[C@H]1CCc2ccc3ccccc3c2[C@H]1NC(=O)c1cc([N+](=O)[O-])cc([N+](=O)[O-])c1. The molecule has 0 aromatic heterocycles. The molecule has 0 saturated carbocycles. The lowest BCUT2D eigenvalue weighted by Gasteiger charge is -2.36. The van der Waals surface area contributed by atoms with Crippen molar-refractivity contribution in [3.63, 3.8) is 0 Å². The predicted octanol–water partition coefficient (Wildman–Crippen LogP) is 6.32. The topological polar surface area (TPSA) is 125 Å². The highest BCUT2D eigenvalue weighted by Crippen LogP contribution is 2.41. The quantitative estimate of drug-likeness (QED) is 0.199. The summed E-state index contributed by atoms with van der Waals surface area (Å²) in [5.74, 6) is -0.410. The number of nitro groups is 2. The third kappa shape index (κ3) is 5.86. The molecule has 0 radical (unpaired) electrons. The first-order chi connectivity index (χ1) is 17.6. The maximum atomic E-state index is 13.5. The normalized spacial score (nSPS) is 17.3. The Labute approximate surface area is 216 Å². The zero-order valence-corrected chi connectivity index (χ0v) is 22.2. The monoisotopic (exact) mass is 521 g/mol. The van der Waals surface area contributed by atoms with Crippen LogP contribution < -0.4 is 5.32 Å². The summed E-state index contributed by atoms with van der Waals surface area (Å²) in [4.78, 5) is 34.8. The lowest BCUT2D eigenvalue weighted by atomic mass is 9.75. The highest BCUT2D eigenvalue weighted by atomic mass is 28.4. The van der Waals surface area contributed by atoms with Gasteiger partial charge in [0, 0.05) is 19.2 Å². The van der Waals surface area contributed by atoms with E-state index in [2.05, 4.69) is 36.6 Å². The standard InChI is InChI=1S/C27H31N3O6Si/c1-36-37(2,3)14-6-8-20-13-12-19-11-10-18-7-4-5-9-24(18)25(19)26(20)28-27(31)21-15-22(29(32)33)17-23(16-21)30(34)35/h4-5,7,9-11,15-17,20,26H,6,8,12-14H2,1-3H3,(H,28,31)/t20-,26-/m0/s1. The van der Waals surface area contributed by atoms with E-state index in [1.165, 1.54) is 0 Å². The third-order valence-corrected chi connectivity index (χ3v) is 10.1. The Kier molecular flexibility index (Phi) is 7.70.